The average molecular weight is 761 g/mol. The first-order chi connectivity index (χ1) is 27.4. The van der Waals surface area contributed by atoms with Gasteiger partial charge in [-0.25, -0.2) is 20.2 Å². The monoisotopic (exact) mass is 760 g/mol. The zero-order valence-corrected chi connectivity index (χ0v) is 32.1. The number of thiophene rings is 2. The van der Waals surface area contributed by atoms with Crippen molar-refractivity contribution in [1.29, 1.82) is 10.5 Å². The molecule has 6 aliphatic rings. The number of Topliss-reactive ketones (excluding diaryl/α,β-unsaturated/α-hetero) is 2. The number of benzene rings is 2. The largest absolute Gasteiger partial charge is 0.289 e. The van der Waals surface area contributed by atoms with Gasteiger partial charge in [-0.05, 0) is 83.4 Å². The number of fused-ring (bicyclic) bond motifs is 10. The Morgan fingerprint density at radius 1 is 0.607 bits per heavy atom. The van der Waals surface area contributed by atoms with Crippen LogP contribution in [0, 0.1) is 35.8 Å². The highest BCUT2D eigenvalue weighted by atomic mass is 32.1. The SMILES string of the molecule is [C-]#[N+]/C(C#N)=C1\C(=C\c2cc3c(s2)C2=C(c4sc(/C=C5\C(=O)c6ccccc6\C5=C(\C#N)[N+]#[C-])cc4C24CCCCC4)C32CCCCC2)C(=O)c2ccccc21. The molecule has 268 valence electrons. The van der Waals surface area contributed by atoms with Gasteiger partial charge in [0.1, 0.15) is 0 Å². The molecule has 8 heteroatoms. The predicted molar refractivity (Wildman–Crippen MR) is 221 cm³/mol. The van der Waals surface area contributed by atoms with E-state index in [1.165, 1.54) is 44.9 Å². The van der Waals surface area contributed by atoms with Gasteiger partial charge < -0.3 is 0 Å². The Morgan fingerprint density at radius 2 is 0.982 bits per heavy atom. The van der Waals surface area contributed by atoms with E-state index in [4.69, 9.17) is 13.1 Å². The zero-order chi connectivity index (χ0) is 38.3. The summed E-state index contributed by atoms with van der Waals surface area (Å²) < 4.78 is 0. The molecule has 2 saturated carbocycles. The van der Waals surface area contributed by atoms with Crippen molar-refractivity contribution in [3.8, 4) is 12.1 Å². The Labute approximate surface area is 333 Å². The molecule has 0 N–H and O–H groups in total. The summed E-state index contributed by atoms with van der Waals surface area (Å²) in [6.45, 7) is 15.5. The van der Waals surface area contributed by atoms with Crippen molar-refractivity contribution in [3.05, 3.63) is 159 Å². The third-order valence-electron chi connectivity index (χ3n) is 13.0. The molecule has 2 heterocycles. The van der Waals surface area contributed by atoms with Gasteiger partial charge in [0.05, 0.1) is 25.3 Å². The van der Waals surface area contributed by atoms with Crippen molar-refractivity contribution < 1.29 is 9.59 Å². The fraction of sp³-hybridized carbons (Fsp3) is 0.250. The average Bonchev–Trinajstić information content (AvgIpc) is 4.05. The summed E-state index contributed by atoms with van der Waals surface area (Å²) in [5, 5.41) is 19.9. The predicted octanol–water partition coefficient (Wildman–Crippen LogP) is 12.0. The van der Waals surface area contributed by atoms with Crippen LogP contribution in [0.25, 0.3) is 44.1 Å². The highest BCUT2D eigenvalue weighted by Crippen LogP contribution is 2.71. The smallest absolute Gasteiger partial charge is 0.270 e. The van der Waals surface area contributed by atoms with E-state index in [9.17, 15) is 20.1 Å². The highest BCUT2D eigenvalue weighted by molar-refractivity contribution is 7.16. The van der Waals surface area contributed by atoms with Gasteiger partial charge in [-0.15, -0.1) is 22.7 Å². The van der Waals surface area contributed by atoms with Crippen LogP contribution in [-0.2, 0) is 10.8 Å². The first kappa shape index (κ1) is 34.3. The van der Waals surface area contributed by atoms with Crippen molar-refractivity contribution in [2.24, 2.45) is 0 Å². The fourth-order valence-corrected chi connectivity index (χ4v) is 13.5. The maximum Gasteiger partial charge on any atom is 0.270 e. The highest BCUT2D eigenvalue weighted by Gasteiger charge is 2.58. The zero-order valence-electron chi connectivity index (χ0n) is 30.4. The van der Waals surface area contributed by atoms with Crippen molar-refractivity contribution >= 4 is 68.7 Å². The molecule has 4 aromatic rings. The van der Waals surface area contributed by atoms with Crippen molar-refractivity contribution in [2.75, 3.05) is 0 Å². The summed E-state index contributed by atoms with van der Waals surface area (Å²) in [6, 6.07) is 23.3. The van der Waals surface area contributed by atoms with Crippen LogP contribution in [0.2, 0.25) is 0 Å². The maximum absolute atomic E-state index is 13.9. The lowest BCUT2D eigenvalue weighted by Gasteiger charge is -2.37. The Morgan fingerprint density at radius 3 is 1.34 bits per heavy atom. The molecule has 10 rings (SSSR count). The molecule has 0 saturated heterocycles. The molecule has 6 nitrogen and oxygen atoms in total. The van der Waals surface area contributed by atoms with Crippen LogP contribution >= 0.6 is 22.7 Å². The topological polar surface area (TPSA) is 90.4 Å². The Balaban J connectivity index is 1.16. The van der Waals surface area contributed by atoms with Crippen molar-refractivity contribution in [1.82, 2.24) is 0 Å². The number of hydrogen-bond acceptors (Lipinski definition) is 6. The van der Waals surface area contributed by atoms with E-state index in [2.05, 4.69) is 34.0 Å². The van der Waals surface area contributed by atoms with Crippen LogP contribution in [0.15, 0.2) is 83.2 Å². The minimum absolute atomic E-state index is 0.0664. The lowest BCUT2D eigenvalue weighted by Crippen LogP contribution is -2.28. The number of carbonyl (C=O) groups is 2. The second-order valence-electron chi connectivity index (χ2n) is 15.6. The third kappa shape index (κ3) is 4.55. The third-order valence-corrected chi connectivity index (χ3v) is 15.2. The molecule has 6 aliphatic carbocycles. The van der Waals surface area contributed by atoms with Gasteiger partial charge in [0.2, 0.25) is 0 Å². The summed E-state index contributed by atoms with van der Waals surface area (Å²) in [4.78, 5) is 39.5. The Kier molecular flexibility index (Phi) is 7.78. The summed E-state index contributed by atoms with van der Waals surface area (Å²) >= 11 is 3.50. The van der Waals surface area contributed by atoms with Crippen LogP contribution in [-0.4, -0.2) is 11.6 Å². The van der Waals surface area contributed by atoms with E-state index in [0.717, 1.165) is 61.1 Å². The molecular formula is C48H32N4O2S2. The standard InChI is InChI=1S/C48H32N4O2S2/c1-51-37(25-49)39-29-13-5-7-15-31(29)43(53)33(39)21-27-23-35-45(55-27)41-42(47(35)17-9-3-10-18-47)46-36(48(41)19-11-4-12-20-48)24-28(56-46)22-34-40(38(26-50)52-2)30-14-6-8-16-32(30)44(34)54/h5-8,13-16,21-24H,3-4,9-12,17-20H2/b33-21-,34-22-,39-37-,40-38+. The first-order valence-corrected chi connectivity index (χ1v) is 20.8. The number of allylic oxidation sites excluding steroid dienone is 8. The van der Waals surface area contributed by atoms with E-state index in [1.807, 2.05) is 48.6 Å². The fourth-order valence-electron chi connectivity index (χ4n) is 10.8. The molecule has 2 fully saturated rings. The molecule has 2 spiro atoms. The molecular weight excluding hydrogens is 729 g/mol. The second-order valence-corrected chi connectivity index (χ2v) is 17.7. The number of nitriles is 2. The van der Waals surface area contributed by atoms with E-state index < -0.39 is 0 Å². The molecule has 0 atom stereocenters. The molecule has 0 aliphatic heterocycles. The normalized spacial score (nSPS) is 22.6. The molecule has 0 bridgehead atoms. The molecule has 2 aromatic carbocycles. The van der Waals surface area contributed by atoms with E-state index in [1.54, 1.807) is 34.8 Å². The molecule has 0 unspecified atom stereocenters. The van der Waals surface area contributed by atoms with Gasteiger partial charge >= 0.3 is 0 Å². The van der Waals surface area contributed by atoms with Crippen molar-refractivity contribution in [2.45, 2.75) is 75.0 Å². The molecule has 2 aromatic heterocycles. The van der Waals surface area contributed by atoms with Gasteiger partial charge in [0.25, 0.3) is 11.4 Å². The summed E-state index contributed by atoms with van der Waals surface area (Å²) in [7, 11) is 0. The molecule has 0 radical (unpaired) electrons. The van der Waals surface area contributed by atoms with Crippen LogP contribution < -0.4 is 0 Å². The number of rotatable bonds is 2. The maximum atomic E-state index is 13.9. The van der Waals surface area contributed by atoms with Gasteiger partial charge in [0, 0.05) is 63.8 Å². The Bertz CT molecular complexity index is 2620. The van der Waals surface area contributed by atoms with Gasteiger partial charge in [0.15, 0.2) is 11.6 Å². The molecule has 0 amide bonds. The minimum atomic E-state index is -0.167. The van der Waals surface area contributed by atoms with Crippen LogP contribution in [0.4, 0.5) is 0 Å². The van der Waals surface area contributed by atoms with Crippen LogP contribution in [0.5, 0.6) is 0 Å². The van der Waals surface area contributed by atoms with Crippen molar-refractivity contribution in [3.63, 3.8) is 0 Å². The minimum Gasteiger partial charge on any atom is -0.289 e. The second kappa shape index (κ2) is 12.7. The van der Waals surface area contributed by atoms with Crippen LogP contribution in [0.3, 0.4) is 0 Å². The van der Waals surface area contributed by atoms with Crippen LogP contribution in [0.1, 0.15) is 127 Å². The lowest BCUT2D eigenvalue weighted by atomic mass is 9.67. The molecule has 56 heavy (non-hydrogen) atoms. The Hall–Kier alpha value is -6.16. The van der Waals surface area contributed by atoms with E-state index >= 15 is 0 Å². The number of carbonyl (C=O) groups excluding carboxylic acids is 2. The number of ketones is 2. The summed E-state index contributed by atoms with van der Waals surface area (Å²) in [5.41, 5.74) is 9.18. The van der Waals surface area contributed by atoms with Gasteiger partial charge in [-0.2, -0.15) is 0 Å². The van der Waals surface area contributed by atoms with E-state index in [0.29, 0.717) is 44.5 Å². The van der Waals surface area contributed by atoms with Gasteiger partial charge in [-0.3, -0.25) is 9.59 Å². The van der Waals surface area contributed by atoms with Gasteiger partial charge in [-0.1, -0.05) is 87.1 Å². The first-order valence-electron chi connectivity index (χ1n) is 19.2. The number of hydrogen-bond donors (Lipinski definition) is 0. The quantitative estimate of drug-likeness (QED) is 0.116. The summed E-state index contributed by atoms with van der Waals surface area (Å²) in [5.74, 6) is -0.303. The number of nitrogens with zero attached hydrogens (tertiary/aromatic N) is 4. The lowest BCUT2D eigenvalue weighted by molar-refractivity contribution is 0.103. The van der Waals surface area contributed by atoms with E-state index in [-0.39, 0.29) is 33.8 Å². The summed E-state index contributed by atoms with van der Waals surface area (Å²) in [6.07, 6.45) is 14.9.